The number of aromatic nitrogens is 1. The highest BCUT2D eigenvalue weighted by molar-refractivity contribution is 5.96. The number of nitrogens with zero attached hydrogens (tertiary/aromatic N) is 2. The van der Waals surface area contributed by atoms with Crippen LogP contribution in [0.5, 0.6) is 0 Å². The van der Waals surface area contributed by atoms with Crippen LogP contribution in [0.15, 0.2) is 23.1 Å². The van der Waals surface area contributed by atoms with Crippen LogP contribution in [0.1, 0.15) is 75.3 Å². The van der Waals surface area contributed by atoms with Crippen molar-refractivity contribution in [2.45, 2.75) is 77.2 Å². The molecular weight excluding hydrogens is 486 g/mol. The first-order valence-corrected chi connectivity index (χ1v) is 12.5. The first-order chi connectivity index (χ1) is 17.4. The van der Waals surface area contributed by atoms with Gasteiger partial charge in [-0.05, 0) is 59.4 Å². The number of rotatable bonds is 6. The Bertz CT molecular complexity index is 1310. The average Bonchev–Trinajstić information content (AvgIpc) is 3.58. The van der Waals surface area contributed by atoms with E-state index in [1.54, 1.807) is 38.3 Å². The van der Waals surface area contributed by atoms with E-state index in [0.29, 0.717) is 6.42 Å². The molecule has 2 fully saturated rings. The van der Waals surface area contributed by atoms with Gasteiger partial charge in [-0.1, -0.05) is 12.2 Å². The Balaban J connectivity index is 1.71. The molecule has 2 heterocycles. The summed E-state index contributed by atoms with van der Waals surface area (Å²) < 4.78 is 41.8. The van der Waals surface area contributed by atoms with Crippen LogP contribution < -0.4 is 5.43 Å². The fraction of sp³-hybridized carbons (Fsp3) is 0.519. The van der Waals surface area contributed by atoms with E-state index in [2.05, 4.69) is 0 Å². The van der Waals surface area contributed by atoms with Crippen LogP contribution >= 0.6 is 0 Å². The third-order valence-corrected chi connectivity index (χ3v) is 6.39. The van der Waals surface area contributed by atoms with Crippen molar-refractivity contribution in [2.75, 3.05) is 13.2 Å². The first-order valence-electron chi connectivity index (χ1n) is 12.5. The number of carbonyl (C=O) groups excluding carboxylic acids is 2. The minimum Gasteiger partial charge on any atom is -0.462 e. The van der Waals surface area contributed by atoms with E-state index in [9.17, 15) is 23.9 Å². The molecule has 1 aromatic heterocycles. The maximum atomic E-state index is 15.1. The SMILES string of the molecule is CCOC(=O)c1cn(C2CC2)c2c(C=CCC3C[C@@H](O)CN3C(=O)OC(C)(C)C)c(F)c(F)cc2c1=O. The molecule has 200 valence electrons. The number of hydrogen-bond donors (Lipinski definition) is 1. The van der Waals surface area contributed by atoms with Gasteiger partial charge in [0.2, 0.25) is 5.43 Å². The molecule has 37 heavy (non-hydrogen) atoms. The number of hydrogen-bond acceptors (Lipinski definition) is 6. The summed E-state index contributed by atoms with van der Waals surface area (Å²) in [6.07, 6.45) is 5.18. The second-order valence-corrected chi connectivity index (χ2v) is 10.5. The number of fused-ring (bicyclic) bond motifs is 1. The van der Waals surface area contributed by atoms with Gasteiger partial charge in [-0.25, -0.2) is 18.4 Å². The van der Waals surface area contributed by atoms with Gasteiger partial charge < -0.3 is 24.0 Å². The Morgan fingerprint density at radius 3 is 2.57 bits per heavy atom. The molecule has 2 aromatic rings. The number of carbonyl (C=O) groups is 2. The molecule has 10 heteroatoms. The molecule has 0 spiro atoms. The number of esters is 1. The summed E-state index contributed by atoms with van der Waals surface area (Å²) in [4.78, 5) is 39.5. The molecule has 1 N–H and O–H groups in total. The minimum atomic E-state index is -1.21. The molecule has 1 saturated heterocycles. The smallest absolute Gasteiger partial charge is 0.410 e. The van der Waals surface area contributed by atoms with Crippen molar-refractivity contribution in [2.24, 2.45) is 0 Å². The highest BCUT2D eigenvalue weighted by atomic mass is 19.2. The van der Waals surface area contributed by atoms with E-state index in [1.807, 2.05) is 0 Å². The Kier molecular flexibility index (Phi) is 7.41. The monoisotopic (exact) mass is 518 g/mol. The molecule has 1 unspecified atom stereocenters. The third-order valence-electron chi connectivity index (χ3n) is 6.39. The molecule has 8 nitrogen and oxygen atoms in total. The molecular formula is C27H32F2N2O6. The number of aliphatic hydroxyl groups excluding tert-OH is 1. The van der Waals surface area contributed by atoms with E-state index < -0.39 is 46.9 Å². The van der Waals surface area contributed by atoms with Crippen LogP contribution in [-0.4, -0.2) is 57.5 Å². The zero-order valence-electron chi connectivity index (χ0n) is 21.4. The number of pyridine rings is 1. The van der Waals surface area contributed by atoms with E-state index in [-0.39, 0.29) is 47.6 Å². The van der Waals surface area contributed by atoms with Crippen molar-refractivity contribution >= 4 is 29.0 Å². The lowest BCUT2D eigenvalue weighted by Crippen LogP contribution is -2.40. The van der Waals surface area contributed by atoms with Gasteiger partial charge in [-0.3, -0.25) is 4.79 Å². The summed E-state index contributed by atoms with van der Waals surface area (Å²) in [7, 11) is 0. The molecule has 2 aliphatic rings. The topological polar surface area (TPSA) is 98.1 Å². The maximum Gasteiger partial charge on any atom is 0.410 e. The fourth-order valence-corrected chi connectivity index (χ4v) is 4.64. The summed E-state index contributed by atoms with van der Waals surface area (Å²) in [6, 6.07) is 0.370. The predicted molar refractivity (Wildman–Crippen MR) is 133 cm³/mol. The zero-order valence-corrected chi connectivity index (χ0v) is 21.4. The molecule has 0 bridgehead atoms. The molecule has 0 radical (unpaired) electrons. The molecule has 1 saturated carbocycles. The van der Waals surface area contributed by atoms with Gasteiger partial charge in [0.1, 0.15) is 11.2 Å². The van der Waals surface area contributed by atoms with Crippen molar-refractivity contribution in [3.8, 4) is 0 Å². The van der Waals surface area contributed by atoms with Crippen LogP contribution in [0.25, 0.3) is 17.0 Å². The lowest BCUT2D eigenvalue weighted by atomic mass is 10.0. The molecule has 1 aromatic carbocycles. The summed E-state index contributed by atoms with van der Waals surface area (Å²) in [6.45, 7) is 7.04. The number of benzene rings is 1. The quantitative estimate of drug-likeness (QED) is 0.563. The molecule has 1 aliphatic carbocycles. The highest BCUT2D eigenvalue weighted by Crippen LogP contribution is 2.39. The van der Waals surface area contributed by atoms with Crippen molar-refractivity contribution < 1.29 is 33.0 Å². The summed E-state index contributed by atoms with van der Waals surface area (Å²) >= 11 is 0. The van der Waals surface area contributed by atoms with Crippen LogP contribution in [0.2, 0.25) is 0 Å². The third kappa shape index (κ3) is 5.69. The maximum absolute atomic E-state index is 15.1. The lowest BCUT2D eigenvalue weighted by molar-refractivity contribution is 0.0210. The fourth-order valence-electron chi connectivity index (χ4n) is 4.64. The van der Waals surface area contributed by atoms with Gasteiger partial charge in [0.25, 0.3) is 0 Å². The van der Waals surface area contributed by atoms with Crippen molar-refractivity contribution in [1.82, 2.24) is 9.47 Å². The Morgan fingerprint density at radius 2 is 1.95 bits per heavy atom. The van der Waals surface area contributed by atoms with Crippen molar-refractivity contribution in [3.05, 3.63) is 51.3 Å². The van der Waals surface area contributed by atoms with Crippen LogP contribution in [0, 0.1) is 11.6 Å². The predicted octanol–water partition coefficient (Wildman–Crippen LogP) is 4.56. The summed E-state index contributed by atoms with van der Waals surface area (Å²) in [5.41, 5.74) is -1.57. The Morgan fingerprint density at radius 1 is 1.24 bits per heavy atom. The van der Waals surface area contributed by atoms with Crippen LogP contribution in [0.3, 0.4) is 0 Å². The van der Waals surface area contributed by atoms with Crippen molar-refractivity contribution in [1.29, 1.82) is 0 Å². The Hall–Kier alpha value is -3.27. The van der Waals surface area contributed by atoms with Crippen LogP contribution in [0.4, 0.5) is 13.6 Å². The number of amides is 1. The second kappa shape index (κ2) is 10.2. The molecule has 1 aliphatic heterocycles. The number of ether oxygens (including phenoxy) is 2. The second-order valence-electron chi connectivity index (χ2n) is 10.5. The van der Waals surface area contributed by atoms with Crippen LogP contribution in [-0.2, 0) is 9.47 Å². The summed E-state index contributed by atoms with van der Waals surface area (Å²) in [5.74, 6) is -3.14. The van der Waals surface area contributed by atoms with E-state index in [1.165, 1.54) is 17.2 Å². The van der Waals surface area contributed by atoms with Crippen molar-refractivity contribution in [3.63, 3.8) is 0 Å². The number of aliphatic hydroxyl groups is 1. The average molecular weight is 519 g/mol. The van der Waals surface area contributed by atoms with E-state index in [4.69, 9.17) is 9.47 Å². The van der Waals surface area contributed by atoms with Gasteiger partial charge >= 0.3 is 12.1 Å². The van der Waals surface area contributed by atoms with Gasteiger partial charge in [0, 0.05) is 23.8 Å². The van der Waals surface area contributed by atoms with Gasteiger partial charge in [-0.2, -0.15) is 0 Å². The van der Waals surface area contributed by atoms with Gasteiger partial charge in [0.05, 0.1) is 30.2 Å². The van der Waals surface area contributed by atoms with E-state index in [0.717, 1.165) is 18.9 Å². The standard InChI is InChI=1S/C27H32F2N2O6/c1-5-36-25(34)20-14-30(15-9-10-15)23-18(22(29)21(28)12-19(23)24(20)33)8-6-7-16-11-17(32)13-31(16)26(35)37-27(2,3)4/h6,8,12,14-17,32H,5,7,9-11,13H2,1-4H3/t16?,17-/m1/s1. The highest BCUT2D eigenvalue weighted by Gasteiger charge is 2.36. The van der Waals surface area contributed by atoms with Gasteiger partial charge in [-0.15, -0.1) is 0 Å². The van der Waals surface area contributed by atoms with Gasteiger partial charge in [0.15, 0.2) is 11.6 Å². The number of likely N-dealkylation sites (tertiary alicyclic amines) is 1. The zero-order chi connectivity index (χ0) is 27.1. The number of β-amino-alcohol motifs (C(OH)–C–C–N with tert-alkyl or cyclic N) is 1. The minimum absolute atomic E-state index is 0.0547. The lowest BCUT2D eigenvalue weighted by Gasteiger charge is -2.28. The summed E-state index contributed by atoms with van der Waals surface area (Å²) in [5, 5.41) is 10.0. The largest absolute Gasteiger partial charge is 0.462 e. The first kappa shape index (κ1) is 26.8. The molecule has 1 amide bonds. The normalized spacial score (nSPS) is 20.1. The molecule has 4 rings (SSSR count). The number of halogens is 2. The Labute approximate surface area is 213 Å². The van der Waals surface area contributed by atoms with E-state index >= 15 is 4.39 Å². The molecule has 2 atom stereocenters.